The standard InChI is InChI=1S/C13H19N3O/c1-9(2)16(13(17)11-6-12(11)14)8-10-4-3-5-15-7-10/h3-5,7,9,11-12H,6,8,14H2,1-2H3. The molecule has 1 fully saturated rings. The summed E-state index contributed by atoms with van der Waals surface area (Å²) in [5, 5.41) is 0. The third kappa shape index (κ3) is 2.82. The van der Waals surface area contributed by atoms with Gasteiger partial charge in [0, 0.05) is 31.0 Å². The van der Waals surface area contributed by atoms with Crippen molar-refractivity contribution >= 4 is 5.91 Å². The van der Waals surface area contributed by atoms with Crippen LogP contribution in [0.2, 0.25) is 0 Å². The molecule has 0 spiro atoms. The molecule has 1 aliphatic rings. The second-order valence-electron chi connectivity index (χ2n) is 4.93. The van der Waals surface area contributed by atoms with Crippen LogP contribution in [0.1, 0.15) is 25.8 Å². The van der Waals surface area contributed by atoms with Crippen molar-refractivity contribution in [2.24, 2.45) is 11.7 Å². The summed E-state index contributed by atoms with van der Waals surface area (Å²) in [6, 6.07) is 4.14. The van der Waals surface area contributed by atoms with Gasteiger partial charge in [-0.15, -0.1) is 0 Å². The number of rotatable bonds is 4. The molecule has 1 saturated carbocycles. The summed E-state index contributed by atoms with van der Waals surface area (Å²) in [5.74, 6) is 0.213. The molecule has 2 unspecified atom stereocenters. The second-order valence-corrected chi connectivity index (χ2v) is 4.93. The average Bonchev–Trinajstić information content (AvgIpc) is 3.03. The molecule has 1 aromatic rings. The third-order valence-electron chi connectivity index (χ3n) is 3.14. The van der Waals surface area contributed by atoms with Gasteiger partial charge in [0.1, 0.15) is 0 Å². The second kappa shape index (κ2) is 4.84. The molecule has 4 heteroatoms. The Balaban J connectivity index is 2.05. The number of amides is 1. The molecule has 0 saturated heterocycles. The maximum atomic E-state index is 12.2. The zero-order chi connectivity index (χ0) is 12.4. The molecule has 0 aliphatic heterocycles. The molecule has 4 nitrogen and oxygen atoms in total. The van der Waals surface area contributed by atoms with E-state index in [4.69, 9.17) is 5.73 Å². The van der Waals surface area contributed by atoms with Crippen LogP contribution in [0.5, 0.6) is 0 Å². The highest BCUT2D eigenvalue weighted by atomic mass is 16.2. The SMILES string of the molecule is CC(C)N(Cc1cccnc1)C(=O)C1CC1N. The van der Waals surface area contributed by atoms with Crippen LogP contribution in [0.3, 0.4) is 0 Å². The molecular weight excluding hydrogens is 214 g/mol. The summed E-state index contributed by atoms with van der Waals surface area (Å²) in [6.07, 6.45) is 4.37. The van der Waals surface area contributed by atoms with Gasteiger partial charge in [-0.2, -0.15) is 0 Å². The van der Waals surface area contributed by atoms with E-state index >= 15 is 0 Å². The molecule has 0 radical (unpaired) electrons. The highest BCUT2D eigenvalue weighted by molar-refractivity contribution is 5.82. The van der Waals surface area contributed by atoms with Gasteiger partial charge in [0.05, 0.1) is 5.92 Å². The normalized spacial score (nSPS) is 22.6. The van der Waals surface area contributed by atoms with Gasteiger partial charge in [-0.1, -0.05) is 6.07 Å². The fraction of sp³-hybridized carbons (Fsp3) is 0.538. The summed E-state index contributed by atoms with van der Waals surface area (Å²) in [5.41, 5.74) is 6.80. The van der Waals surface area contributed by atoms with E-state index in [2.05, 4.69) is 4.98 Å². The molecule has 0 aromatic carbocycles. The van der Waals surface area contributed by atoms with Crippen LogP contribution in [-0.2, 0) is 11.3 Å². The molecule has 2 N–H and O–H groups in total. The quantitative estimate of drug-likeness (QED) is 0.849. The van der Waals surface area contributed by atoms with Crippen LogP contribution >= 0.6 is 0 Å². The van der Waals surface area contributed by atoms with Crippen molar-refractivity contribution in [3.05, 3.63) is 30.1 Å². The van der Waals surface area contributed by atoms with E-state index in [1.54, 1.807) is 12.4 Å². The minimum atomic E-state index is 0.0362. The molecule has 1 aromatic heterocycles. The Kier molecular flexibility index (Phi) is 3.43. The van der Waals surface area contributed by atoms with Crippen molar-refractivity contribution in [3.63, 3.8) is 0 Å². The Morgan fingerprint density at radius 1 is 1.65 bits per heavy atom. The highest BCUT2D eigenvalue weighted by Gasteiger charge is 2.42. The van der Waals surface area contributed by atoms with Crippen LogP contribution < -0.4 is 5.73 Å². The van der Waals surface area contributed by atoms with Gasteiger partial charge in [-0.25, -0.2) is 0 Å². The van der Waals surface area contributed by atoms with E-state index in [0.29, 0.717) is 6.54 Å². The molecular formula is C13H19N3O. The zero-order valence-corrected chi connectivity index (χ0v) is 10.3. The van der Waals surface area contributed by atoms with E-state index in [0.717, 1.165) is 12.0 Å². The zero-order valence-electron chi connectivity index (χ0n) is 10.3. The van der Waals surface area contributed by atoms with Gasteiger partial charge < -0.3 is 10.6 Å². The number of carbonyl (C=O) groups is 1. The van der Waals surface area contributed by atoms with E-state index < -0.39 is 0 Å². The summed E-state index contributed by atoms with van der Waals surface area (Å²) in [7, 11) is 0. The predicted octanol–water partition coefficient (Wildman–Crippen LogP) is 1.17. The van der Waals surface area contributed by atoms with Gasteiger partial charge in [0.2, 0.25) is 5.91 Å². The van der Waals surface area contributed by atoms with Gasteiger partial charge in [-0.3, -0.25) is 9.78 Å². The summed E-state index contributed by atoms with van der Waals surface area (Å²) in [6.45, 7) is 4.68. The molecule has 2 rings (SSSR count). The molecule has 17 heavy (non-hydrogen) atoms. The summed E-state index contributed by atoms with van der Waals surface area (Å²) < 4.78 is 0. The maximum absolute atomic E-state index is 12.2. The molecule has 92 valence electrons. The van der Waals surface area contributed by atoms with Crippen molar-refractivity contribution in [3.8, 4) is 0 Å². The lowest BCUT2D eigenvalue weighted by atomic mass is 10.2. The number of nitrogens with two attached hydrogens (primary N) is 1. The third-order valence-corrected chi connectivity index (χ3v) is 3.14. The van der Waals surface area contributed by atoms with Crippen molar-refractivity contribution < 1.29 is 4.79 Å². The van der Waals surface area contributed by atoms with Crippen LogP contribution in [0, 0.1) is 5.92 Å². The lowest BCUT2D eigenvalue weighted by molar-refractivity contribution is -0.135. The number of carbonyl (C=O) groups excluding carboxylic acids is 1. The van der Waals surface area contributed by atoms with Crippen LogP contribution in [-0.4, -0.2) is 27.9 Å². The summed E-state index contributed by atoms with van der Waals surface area (Å²) >= 11 is 0. The van der Waals surface area contributed by atoms with E-state index in [1.165, 1.54) is 0 Å². The number of aromatic nitrogens is 1. The first-order valence-corrected chi connectivity index (χ1v) is 6.04. The van der Waals surface area contributed by atoms with Crippen LogP contribution in [0.25, 0.3) is 0 Å². The van der Waals surface area contributed by atoms with Crippen molar-refractivity contribution in [2.45, 2.75) is 38.9 Å². The van der Waals surface area contributed by atoms with Gasteiger partial charge in [0.15, 0.2) is 0 Å². The number of pyridine rings is 1. The average molecular weight is 233 g/mol. The van der Waals surface area contributed by atoms with E-state index in [1.807, 2.05) is 30.9 Å². The Bertz CT molecular complexity index is 391. The lowest BCUT2D eigenvalue weighted by Crippen LogP contribution is -2.38. The first-order chi connectivity index (χ1) is 8.09. The summed E-state index contributed by atoms with van der Waals surface area (Å²) in [4.78, 5) is 18.1. The topological polar surface area (TPSA) is 59.2 Å². The predicted molar refractivity (Wildman–Crippen MR) is 66.0 cm³/mol. The minimum Gasteiger partial charge on any atom is -0.336 e. The van der Waals surface area contributed by atoms with Gasteiger partial charge >= 0.3 is 0 Å². The van der Waals surface area contributed by atoms with Crippen LogP contribution in [0.15, 0.2) is 24.5 Å². The Labute approximate surface area is 102 Å². The largest absolute Gasteiger partial charge is 0.336 e. The first-order valence-electron chi connectivity index (χ1n) is 6.04. The highest BCUT2D eigenvalue weighted by Crippen LogP contribution is 2.31. The Hall–Kier alpha value is -1.42. The first kappa shape index (κ1) is 12.0. The Morgan fingerprint density at radius 3 is 2.82 bits per heavy atom. The lowest BCUT2D eigenvalue weighted by Gasteiger charge is -2.27. The van der Waals surface area contributed by atoms with Gasteiger partial charge in [0.25, 0.3) is 0 Å². The van der Waals surface area contributed by atoms with E-state index in [9.17, 15) is 4.79 Å². The van der Waals surface area contributed by atoms with Crippen LogP contribution in [0.4, 0.5) is 0 Å². The number of hydrogen-bond acceptors (Lipinski definition) is 3. The van der Waals surface area contributed by atoms with Crippen molar-refractivity contribution in [2.75, 3.05) is 0 Å². The van der Waals surface area contributed by atoms with Crippen molar-refractivity contribution in [1.29, 1.82) is 0 Å². The number of hydrogen-bond donors (Lipinski definition) is 1. The molecule has 1 aliphatic carbocycles. The fourth-order valence-electron chi connectivity index (χ4n) is 1.91. The molecule has 2 atom stereocenters. The Morgan fingerprint density at radius 2 is 2.35 bits per heavy atom. The fourth-order valence-corrected chi connectivity index (χ4v) is 1.91. The molecule has 1 amide bonds. The smallest absolute Gasteiger partial charge is 0.227 e. The monoisotopic (exact) mass is 233 g/mol. The maximum Gasteiger partial charge on any atom is 0.227 e. The van der Waals surface area contributed by atoms with Crippen molar-refractivity contribution in [1.82, 2.24) is 9.88 Å². The molecule has 1 heterocycles. The van der Waals surface area contributed by atoms with E-state index in [-0.39, 0.29) is 23.9 Å². The molecule has 0 bridgehead atoms. The minimum absolute atomic E-state index is 0.0362. The van der Waals surface area contributed by atoms with Gasteiger partial charge in [-0.05, 0) is 31.9 Å². The number of nitrogens with zero attached hydrogens (tertiary/aromatic N) is 2.